The van der Waals surface area contributed by atoms with Gasteiger partial charge in [0.1, 0.15) is 0 Å². The molecule has 0 amide bonds. The molecular formula is C54H41NS. The molecule has 2 heteroatoms. The lowest BCUT2D eigenvalue weighted by Crippen LogP contribution is -2.31. The molecule has 1 aliphatic rings. The first-order valence-corrected chi connectivity index (χ1v) is 20.4. The van der Waals surface area contributed by atoms with Crippen LogP contribution in [-0.4, -0.2) is 0 Å². The average molecular weight is 736 g/mol. The number of thiophene rings is 1. The molecule has 0 saturated heterocycles. The maximum absolute atomic E-state index is 2.37. The third kappa shape index (κ3) is 5.77. The molecule has 9 aromatic rings. The number of para-hydroxylation sites is 1. The van der Waals surface area contributed by atoms with Crippen molar-refractivity contribution < 1.29 is 0 Å². The fourth-order valence-corrected chi connectivity index (χ4v) is 10.3. The maximum atomic E-state index is 2.37. The monoisotopic (exact) mass is 735 g/mol. The number of hydrogen-bond acceptors (Lipinski definition) is 2. The molecule has 1 unspecified atom stereocenters. The molecule has 0 aliphatic heterocycles. The zero-order valence-electron chi connectivity index (χ0n) is 31.3. The van der Waals surface area contributed by atoms with E-state index in [9.17, 15) is 0 Å². The van der Waals surface area contributed by atoms with Gasteiger partial charge in [0.15, 0.2) is 0 Å². The first kappa shape index (κ1) is 34.0. The summed E-state index contributed by atoms with van der Waals surface area (Å²) in [5.74, 6) is 0.507. The molecule has 0 spiro atoms. The van der Waals surface area contributed by atoms with Gasteiger partial charge in [-0.15, -0.1) is 11.3 Å². The number of fused-ring (bicyclic) bond motifs is 4. The first-order valence-electron chi connectivity index (χ1n) is 19.6. The van der Waals surface area contributed by atoms with Crippen LogP contribution in [0.1, 0.15) is 52.0 Å². The Kier molecular flexibility index (Phi) is 8.70. The first-order chi connectivity index (χ1) is 27.7. The number of rotatable bonds is 8. The lowest BCUT2D eigenvalue weighted by atomic mass is 9.65. The zero-order chi connectivity index (χ0) is 37.5. The fraction of sp³-hybridized carbons (Fsp3) is 0.0741. The Morgan fingerprint density at radius 2 is 1.05 bits per heavy atom. The van der Waals surface area contributed by atoms with Gasteiger partial charge in [-0.25, -0.2) is 0 Å². The second-order valence-corrected chi connectivity index (χ2v) is 16.0. The highest BCUT2D eigenvalue weighted by molar-refractivity contribution is 7.19. The highest BCUT2D eigenvalue weighted by Crippen LogP contribution is 2.52. The molecule has 0 bridgehead atoms. The minimum absolute atomic E-state index is 0.507. The van der Waals surface area contributed by atoms with Crippen LogP contribution in [-0.2, 0) is 5.41 Å². The van der Waals surface area contributed by atoms with Crippen molar-refractivity contribution >= 4 is 55.3 Å². The van der Waals surface area contributed by atoms with Crippen molar-refractivity contribution in [1.82, 2.24) is 0 Å². The van der Waals surface area contributed by atoms with Crippen LogP contribution in [0.4, 0.5) is 17.1 Å². The van der Waals surface area contributed by atoms with E-state index in [0.29, 0.717) is 5.92 Å². The highest BCUT2D eigenvalue weighted by Gasteiger charge is 2.40. The zero-order valence-corrected chi connectivity index (χ0v) is 32.2. The highest BCUT2D eigenvalue weighted by atomic mass is 32.1. The smallest absolute Gasteiger partial charge is 0.0715 e. The van der Waals surface area contributed by atoms with E-state index in [1.54, 1.807) is 0 Å². The quantitative estimate of drug-likeness (QED) is 0.140. The summed E-state index contributed by atoms with van der Waals surface area (Å²) in [5.41, 5.74) is 11.7. The molecule has 0 fully saturated rings. The summed E-state index contributed by atoms with van der Waals surface area (Å²) in [5, 5.41) is 3.86. The van der Waals surface area contributed by atoms with E-state index in [1.165, 1.54) is 64.7 Å². The van der Waals surface area contributed by atoms with E-state index < -0.39 is 5.41 Å². The minimum Gasteiger partial charge on any atom is -0.311 e. The third-order valence-electron chi connectivity index (χ3n) is 11.6. The molecule has 0 N–H and O–H groups in total. The lowest BCUT2D eigenvalue weighted by Gasteiger charge is -2.37. The molecule has 1 aliphatic carbocycles. The van der Waals surface area contributed by atoms with E-state index >= 15 is 0 Å². The van der Waals surface area contributed by atoms with Crippen molar-refractivity contribution in [3.8, 4) is 11.1 Å². The van der Waals surface area contributed by atoms with Gasteiger partial charge in [0.05, 0.1) is 5.41 Å². The maximum Gasteiger partial charge on any atom is 0.0715 e. The van der Waals surface area contributed by atoms with Crippen molar-refractivity contribution in [1.29, 1.82) is 0 Å². The second-order valence-electron chi connectivity index (χ2n) is 14.9. The van der Waals surface area contributed by atoms with Crippen molar-refractivity contribution in [2.75, 3.05) is 4.90 Å². The summed E-state index contributed by atoms with van der Waals surface area (Å²) in [4.78, 5) is 3.85. The van der Waals surface area contributed by atoms with Gasteiger partial charge in [0.2, 0.25) is 0 Å². The predicted octanol–water partition coefficient (Wildman–Crippen LogP) is 15.1. The molecule has 8 aromatic carbocycles. The number of anilines is 3. The topological polar surface area (TPSA) is 3.24 Å². The molecule has 1 atom stereocenters. The van der Waals surface area contributed by atoms with E-state index in [0.717, 1.165) is 23.5 Å². The Bertz CT molecular complexity index is 2780. The van der Waals surface area contributed by atoms with Crippen LogP contribution < -0.4 is 4.90 Å². The number of allylic oxidation sites excluding steroid dienone is 1. The number of nitrogens with zero attached hydrogens (tertiary/aromatic N) is 1. The Balaban J connectivity index is 1.13. The molecule has 268 valence electrons. The van der Waals surface area contributed by atoms with Crippen molar-refractivity contribution in [3.63, 3.8) is 0 Å². The molecule has 1 aromatic heterocycles. The van der Waals surface area contributed by atoms with E-state index in [4.69, 9.17) is 0 Å². The SMILES string of the molecule is CC1CC=Cc2c1sc1c(C(c3ccccc3)(c3ccccc3)c3ccc(N(c4ccccc4)c4ccc(-c5ccc6ccccc6c5)cc4)cc3)cccc21. The lowest BCUT2D eigenvalue weighted by molar-refractivity contribution is 0.753. The summed E-state index contributed by atoms with van der Waals surface area (Å²) in [6, 6.07) is 73.5. The Morgan fingerprint density at radius 1 is 0.500 bits per heavy atom. The average Bonchev–Trinajstić information content (AvgIpc) is 3.67. The number of hydrogen-bond donors (Lipinski definition) is 0. The van der Waals surface area contributed by atoms with Gasteiger partial charge in [-0.2, -0.15) is 0 Å². The minimum atomic E-state index is -0.556. The standard InChI is InChI=1S/C54H41NS/c1-38-15-13-24-49-50-25-14-26-51(53(50)56-52(38)49)54(43-18-5-2-6-19-43,44-20-7-3-8-21-44)45-31-35-48(36-32-45)55(46-22-9-4-10-23-46)47-33-29-40(30-34-47)42-28-27-39-16-11-12-17-41(39)37-42/h2-14,16-38H,15H2,1H3. The van der Waals surface area contributed by atoms with Crippen molar-refractivity contribution in [2.24, 2.45) is 0 Å². The van der Waals surface area contributed by atoms with Crippen LogP contribution in [0.2, 0.25) is 0 Å². The van der Waals surface area contributed by atoms with Crippen LogP contribution in [0.3, 0.4) is 0 Å². The van der Waals surface area contributed by atoms with Gasteiger partial charge in [0.25, 0.3) is 0 Å². The van der Waals surface area contributed by atoms with Gasteiger partial charge < -0.3 is 4.90 Å². The Hall–Kier alpha value is -6.48. The molecule has 0 radical (unpaired) electrons. The van der Waals surface area contributed by atoms with E-state index in [1.807, 2.05) is 11.3 Å². The largest absolute Gasteiger partial charge is 0.311 e. The summed E-state index contributed by atoms with van der Waals surface area (Å²) in [7, 11) is 0. The number of benzene rings is 8. The van der Waals surface area contributed by atoms with E-state index in [-0.39, 0.29) is 0 Å². The van der Waals surface area contributed by atoms with Gasteiger partial charge in [0, 0.05) is 32.0 Å². The van der Waals surface area contributed by atoms with E-state index in [2.05, 4.69) is 224 Å². The predicted molar refractivity (Wildman–Crippen MR) is 240 cm³/mol. The molecule has 0 saturated carbocycles. The summed E-state index contributed by atoms with van der Waals surface area (Å²) in [6.45, 7) is 2.37. The fourth-order valence-electron chi connectivity index (χ4n) is 8.89. The van der Waals surface area contributed by atoms with Crippen LogP contribution in [0.5, 0.6) is 0 Å². The second kappa shape index (κ2) is 14.3. The Morgan fingerprint density at radius 3 is 1.73 bits per heavy atom. The van der Waals surface area contributed by atoms with Gasteiger partial charge in [-0.05, 0) is 105 Å². The Labute approximate surface area is 333 Å². The molecular weight excluding hydrogens is 695 g/mol. The summed E-state index contributed by atoms with van der Waals surface area (Å²) in [6.07, 6.45) is 5.79. The van der Waals surface area contributed by atoms with Crippen molar-refractivity contribution in [3.05, 3.63) is 239 Å². The van der Waals surface area contributed by atoms with Gasteiger partial charge in [-0.1, -0.05) is 177 Å². The molecule has 1 nitrogen and oxygen atoms in total. The normalized spacial score (nSPS) is 13.8. The third-order valence-corrected chi connectivity index (χ3v) is 13.1. The van der Waals surface area contributed by atoms with Crippen LogP contribution in [0, 0.1) is 0 Å². The van der Waals surface area contributed by atoms with Crippen LogP contribution in [0.25, 0.3) is 38.1 Å². The summed E-state index contributed by atoms with van der Waals surface area (Å²) >= 11 is 1.99. The van der Waals surface area contributed by atoms with Gasteiger partial charge in [-0.3, -0.25) is 0 Å². The molecule has 1 heterocycles. The van der Waals surface area contributed by atoms with Crippen LogP contribution in [0.15, 0.2) is 206 Å². The molecule has 56 heavy (non-hydrogen) atoms. The van der Waals surface area contributed by atoms with Crippen molar-refractivity contribution in [2.45, 2.75) is 24.7 Å². The molecule has 10 rings (SSSR count). The summed E-state index contributed by atoms with van der Waals surface area (Å²) < 4.78 is 1.37. The van der Waals surface area contributed by atoms with Gasteiger partial charge >= 0.3 is 0 Å². The van der Waals surface area contributed by atoms with Crippen LogP contribution >= 0.6 is 11.3 Å².